The normalized spacial score (nSPS) is 13.4. The van der Waals surface area contributed by atoms with Gasteiger partial charge in [-0.25, -0.2) is 0 Å². The number of unbranched alkanes of at least 4 members (excludes halogenated alkanes) is 34. The van der Waals surface area contributed by atoms with Gasteiger partial charge in [0.1, 0.15) is 6.10 Å². The Hall–Kier alpha value is -1.92. The van der Waals surface area contributed by atoms with Crippen molar-refractivity contribution in [1.29, 1.82) is 0 Å². The summed E-state index contributed by atoms with van der Waals surface area (Å²) in [4.78, 5) is 26.2. The Labute approximate surface area is 392 Å². The Balaban J connectivity index is 4.58. The molecule has 0 spiro atoms. The van der Waals surface area contributed by atoms with Crippen LogP contribution in [0.3, 0.4) is 0 Å². The third-order valence-electron chi connectivity index (χ3n) is 12.8. The molecule has 6 nitrogen and oxygen atoms in total. The number of rotatable bonds is 50. The summed E-state index contributed by atoms with van der Waals surface area (Å²) >= 11 is 0. The highest BCUT2D eigenvalue weighted by Gasteiger charge is 2.24. The molecule has 1 amide bonds. The maximum Gasteiger partial charge on any atom is 0.306 e. The molecule has 0 bridgehead atoms. The first-order valence-corrected chi connectivity index (χ1v) is 27.7. The second-order valence-corrected chi connectivity index (χ2v) is 19.1. The number of allylic oxidation sites excluding steroid dienone is 6. The molecule has 63 heavy (non-hydrogen) atoms. The number of ether oxygens (including phenoxy) is 1. The van der Waals surface area contributed by atoms with Gasteiger partial charge in [0.15, 0.2) is 0 Å². The van der Waals surface area contributed by atoms with Crippen molar-refractivity contribution in [2.75, 3.05) is 6.61 Å². The summed E-state index contributed by atoms with van der Waals surface area (Å²) in [6.45, 7) is 6.48. The summed E-state index contributed by atoms with van der Waals surface area (Å²) in [6, 6.07) is -0.710. The highest BCUT2D eigenvalue weighted by atomic mass is 16.5. The molecule has 0 saturated heterocycles. The van der Waals surface area contributed by atoms with Gasteiger partial charge in [-0.3, -0.25) is 9.59 Å². The summed E-state index contributed by atoms with van der Waals surface area (Å²) < 4.78 is 5.93. The lowest BCUT2D eigenvalue weighted by molar-refractivity contribution is -0.151. The van der Waals surface area contributed by atoms with E-state index in [1.165, 1.54) is 173 Å². The molecule has 0 aromatic carbocycles. The zero-order valence-electron chi connectivity index (χ0n) is 42.2. The molecular formula is C57H107NO5. The van der Waals surface area contributed by atoms with Crippen molar-refractivity contribution >= 4 is 11.9 Å². The SMILES string of the molecule is CCCCCCC/C=C/C=C/C=C/CCCCCC(CC(=O)NC(CO)C(O)CCCCCCCCCCCCCCCCCC)OC(=O)CCCCCCCCCCCCCC. The highest BCUT2D eigenvalue weighted by Crippen LogP contribution is 2.18. The van der Waals surface area contributed by atoms with Gasteiger partial charge in [0.05, 0.1) is 25.2 Å². The van der Waals surface area contributed by atoms with Crippen molar-refractivity contribution in [3.63, 3.8) is 0 Å². The van der Waals surface area contributed by atoms with Crippen molar-refractivity contribution in [2.24, 2.45) is 0 Å². The fourth-order valence-corrected chi connectivity index (χ4v) is 8.55. The Morgan fingerprint density at radius 3 is 1.22 bits per heavy atom. The van der Waals surface area contributed by atoms with E-state index in [0.717, 1.165) is 70.6 Å². The van der Waals surface area contributed by atoms with Crippen LogP contribution < -0.4 is 5.32 Å². The minimum Gasteiger partial charge on any atom is -0.462 e. The van der Waals surface area contributed by atoms with Gasteiger partial charge < -0.3 is 20.3 Å². The Kier molecular flexibility index (Phi) is 49.5. The van der Waals surface area contributed by atoms with Crippen molar-refractivity contribution in [1.82, 2.24) is 5.32 Å². The predicted octanol–water partition coefficient (Wildman–Crippen LogP) is 16.8. The van der Waals surface area contributed by atoms with Crippen LogP contribution in [-0.2, 0) is 14.3 Å². The molecule has 0 aliphatic rings. The zero-order valence-corrected chi connectivity index (χ0v) is 42.2. The van der Waals surface area contributed by atoms with E-state index in [1.807, 2.05) is 0 Å². The van der Waals surface area contributed by atoms with Gasteiger partial charge in [-0.1, -0.05) is 263 Å². The fraction of sp³-hybridized carbons (Fsp3) is 0.860. The lowest BCUT2D eigenvalue weighted by Gasteiger charge is -2.24. The number of carbonyl (C=O) groups excluding carboxylic acids is 2. The van der Waals surface area contributed by atoms with E-state index >= 15 is 0 Å². The van der Waals surface area contributed by atoms with Gasteiger partial charge in [-0.2, -0.15) is 0 Å². The zero-order chi connectivity index (χ0) is 45.9. The minimum atomic E-state index is -0.795. The van der Waals surface area contributed by atoms with Gasteiger partial charge in [0, 0.05) is 6.42 Å². The number of carbonyl (C=O) groups is 2. The van der Waals surface area contributed by atoms with E-state index in [0.29, 0.717) is 19.3 Å². The second kappa shape index (κ2) is 51.1. The molecule has 0 aliphatic heterocycles. The molecular weight excluding hydrogens is 779 g/mol. The molecule has 0 aliphatic carbocycles. The van der Waals surface area contributed by atoms with Gasteiger partial charge >= 0.3 is 5.97 Å². The number of aliphatic hydroxyl groups is 2. The lowest BCUT2D eigenvalue weighted by atomic mass is 10.0. The van der Waals surface area contributed by atoms with Gasteiger partial charge in [-0.05, 0) is 51.4 Å². The standard InChI is InChI=1S/C57H107NO5/c1-4-7-10-13-16-19-22-25-27-29-31-33-36-39-42-45-48-53(63-57(62)50-47-44-41-38-35-24-21-18-15-12-9-6-3)51-56(61)58-54(52-59)55(60)49-46-43-40-37-34-32-30-28-26-23-20-17-14-11-8-5-2/h22,25,27,29,31,33,53-55,59-60H,4-21,23-24,26,28,30,32,34-52H2,1-3H3,(H,58,61)/b25-22+,29-27+,33-31+. The number of nitrogens with one attached hydrogen (secondary N) is 1. The molecule has 0 saturated carbocycles. The van der Waals surface area contributed by atoms with Gasteiger partial charge in [0.25, 0.3) is 0 Å². The number of aliphatic hydroxyl groups excluding tert-OH is 2. The van der Waals surface area contributed by atoms with Crippen LogP contribution in [0.25, 0.3) is 0 Å². The molecule has 0 aromatic rings. The molecule has 0 aromatic heterocycles. The van der Waals surface area contributed by atoms with E-state index in [1.54, 1.807) is 0 Å². The number of amides is 1. The van der Waals surface area contributed by atoms with Gasteiger partial charge in [-0.15, -0.1) is 0 Å². The van der Waals surface area contributed by atoms with Crippen molar-refractivity contribution in [3.05, 3.63) is 36.5 Å². The van der Waals surface area contributed by atoms with Crippen LogP contribution in [0.2, 0.25) is 0 Å². The molecule has 3 atom stereocenters. The Bertz CT molecular complexity index is 1040. The van der Waals surface area contributed by atoms with E-state index in [4.69, 9.17) is 4.74 Å². The van der Waals surface area contributed by atoms with Crippen LogP contribution >= 0.6 is 0 Å². The molecule has 370 valence electrons. The monoisotopic (exact) mass is 886 g/mol. The Morgan fingerprint density at radius 2 is 0.810 bits per heavy atom. The van der Waals surface area contributed by atoms with Crippen LogP contribution in [0.15, 0.2) is 36.5 Å². The number of esters is 1. The van der Waals surface area contributed by atoms with Crippen molar-refractivity contribution in [2.45, 2.75) is 309 Å². The quantitative estimate of drug-likeness (QED) is 0.0321. The van der Waals surface area contributed by atoms with Crippen LogP contribution in [0, 0.1) is 0 Å². The van der Waals surface area contributed by atoms with Crippen LogP contribution in [0.1, 0.15) is 290 Å². The molecule has 0 rings (SSSR count). The third kappa shape index (κ3) is 46.4. The third-order valence-corrected chi connectivity index (χ3v) is 12.8. The molecule has 6 heteroatoms. The fourth-order valence-electron chi connectivity index (χ4n) is 8.55. The molecule has 3 unspecified atom stereocenters. The first-order chi connectivity index (χ1) is 31.0. The van der Waals surface area contributed by atoms with Crippen LogP contribution in [0.5, 0.6) is 0 Å². The summed E-state index contributed by atoms with van der Waals surface area (Å²) in [7, 11) is 0. The maximum atomic E-state index is 13.2. The van der Waals surface area contributed by atoms with Crippen LogP contribution in [-0.4, -0.2) is 46.9 Å². The van der Waals surface area contributed by atoms with E-state index in [9.17, 15) is 19.8 Å². The molecule has 0 heterocycles. The highest BCUT2D eigenvalue weighted by molar-refractivity contribution is 5.77. The topological polar surface area (TPSA) is 95.9 Å². The first kappa shape index (κ1) is 61.1. The molecule has 0 radical (unpaired) electrons. The summed E-state index contributed by atoms with van der Waals surface area (Å²) in [5.74, 6) is -0.495. The van der Waals surface area contributed by atoms with Gasteiger partial charge in [0.2, 0.25) is 5.91 Å². The lowest BCUT2D eigenvalue weighted by Crippen LogP contribution is -2.46. The second-order valence-electron chi connectivity index (χ2n) is 19.1. The van der Waals surface area contributed by atoms with E-state index in [2.05, 4.69) is 62.5 Å². The largest absolute Gasteiger partial charge is 0.462 e. The average molecular weight is 886 g/mol. The number of hydrogen-bond donors (Lipinski definition) is 3. The van der Waals surface area contributed by atoms with E-state index < -0.39 is 18.2 Å². The smallest absolute Gasteiger partial charge is 0.306 e. The van der Waals surface area contributed by atoms with E-state index in [-0.39, 0.29) is 24.9 Å². The van der Waals surface area contributed by atoms with Crippen molar-refractivity contribution < 1.29 is 24.5 Å². The Morgan fingerprint density at radius 1 is 0.460 bits per heavy atom. The van der Waals surface area contributed by atoms with Crippen molar-refractivity contribution in [3.8, 4) is 0 Å². The van der Waals surface area contributed by atoms with Crippen LogP contribution in [0.4, 0.5) is 0 Å². The molecule has 3 N–H and O–H groups in total. The minimum absolute atomic E-state index is 0.0589. The average Bonchev–Trinajstić information content (AvgIpc) is 3.28. The maximum absolute atomic E-state index is 13.2. The summed E-state index contributed by atoms with van der Waals surface area (Å²) in [5, 5.41) is 23.8. The molecule has 0 fully saturated rings. The number of hydrogen-bond acceptors (Lipinski definition) is 5. The summed E-state index contributed by atoms with van der Waals surface area (Å²) in [6.07, 6.45) is 60.6. The summed E-state index contributed by atoms with van der Waals surface area (Å²) in [5.41, 5.74) is 0. The predicted molar refractivity (Wildman–Crippen MR) is 273 cm³/mol. The first-order valence-electron chi connectivity index (χ1n) is 27.7.